The molecule has 1 unspecified atom stereocenters. The molecule has 0 aliphatic carbocycles. The van der Waals surface area contributed by atoms with Gasteiger partial charge in [0.1, 0.15) is 5.92 Å². The summed E-state index contributed by atoms with van der Waals surface area (Å²) in [6, 6.07) is 3.84. The molecule has 0 bridgehead atoms. The van der Waals surface area contributed by atoms with Crippen molar-refractivity contribution in [1.82, 2.24) is 4.98 Å². The number of nitrogens with zero attached hydrogens (tertiary/aromatic N) is 2. The van der Waals surface area contributed by atoms with E-state index in [1.165, 1.54) is 0 Å². The normalized spacial score (nSPS) is 12.2. The number of halogens is 1. The topological polar surface area (TPSA) is 56.9 Å². The fraction of sp³-hybridized carbons (Fsp3) is 0.333. The van der Waals surface area contributed by atoms with Crippen molar-refractivity contribution < 1.29 is 5.11 Å². The molecule has 0 fully saturated rings. The minimum atomic E-state index is -0.547. The van der Waals surface area contributed by atoms with Crippen molar-refractivity contribution in [2.75, 3.05) is 6.61 Å². The molecule has 0 aliphatic heterocycles. The number of pyridine rings is 1. The maximum absolute atomic E-state index is 8.91. The summed E-state index contributed by atoms with van der Waals surface area (Å²) in [7, 11) is 0. The van der Waals surface area contributed by atoms with Crippen LogP contribution in [0.2, 0.25) is 0 Å². The summed E-state index contributed by atoms with van der Waals surface area (Å²) in [5.41, 5.74) is 1.61. The summed E-state index contributed by atoms with van der Waals surface area (Å²) < 4.78 is 0.801. The minimum Gasteiger partial charge on any atom is -0.395 e. The summed E-state index contributed by atoms with van der Waals surface area (Å²) in [4.78, 5) is 4.05. The number of rotatable bonds is 2. The molecule has 1 atom stereocenters. The lowest BCUT2D eigenvalue weighted by molar-refractivity contribution is 0.284. The first-order chi connectivity index (χ1) is 6.20. The molecule has 1 heterocycles. The third-order valence-corrected chi connectivity index (χ3v) is 2.81. The van der Waals surface area contributed by atoms with Crippen LogP contribution in [0.1, 0.15) is 17.2 Å². The lowest BCUT2D eigenvalue weighted by Gasteiger charge is -2.08. The largest absolute Gasteiger partial charge is 0.395 e. The van der Waals surface area contributed by atoms with Crippen LogP contribution in [0.15, 0.2) is 16.7 Å². The molecule has 68 valence electrons. The van der Waals surface area contributed by atoms with Crippen LogP contribution >= 0.6 is 15.9 Å². The number of aromatic nitrogens is 1. The van der Waals surface area contributed by atoms with E-state index in [1.54, 1.807) is 6.20 Å². The molecule has 1 aromatic rings. The van der Waals surface area contributed by atoms with Gasteiger partial charge in [0.2, 0.25) is 0 Å². The van der Waals surface area contributed by atoms with Gasteiger partial charge < -0.3 is 5.11 Å². The molecule has 0 amide bonds. The number of nitriles is 1. The summed E-state index contributed by atoms with van der Waals surface area (Å²) in [6.07, 6.45) is 1.63. The van der Waals surface area contributed by atoms with Crippen molar-refractivity contribution in [3.8, 4) is 6.07 Å². The van der Waals surface area contributed by atoms with E-state index in [2.05, 4.69) is 20.9 Å². The number of hydrogen-bond donors (Lipinski definition) is 1. The van der Waals surface area contributed by atoms with Gasteiger partial charge in [0.05, 0.1) is 18.4 Å². The van der Waals surface area contributed by atoms with Gasteiger partial charge in [-0.1, -0.05) is 0 Å². The van der Waals surface area contributed by atoms with Gasteiger partial charge in [-0.15, -0.1) is 0 Å². The van der Waals surface area contributed by atoms with Gasteiger partial charge in [-0.25, -0.2) is 0 Å². The van der Waals surface area contributed by atoms with Gasteiger partial charge in [0.15, 0.2) is 0 Å². The van der Waals surface area contributed by atoms with E-state index >= 15 is 0 Å². The van der Waals surface area contributed by atoms with Gasteiger partial charge in [0.25, 0.3) is 0 Å². The lowest BCUT2D eigenvalue weighted by Crippen LogP contribution is -2.05. The minimum absolute atomic E-state index is 0.203. The predicted octanol–water partition coefficient (Wildman–Crippen LogP) is 1.75. The average molecular weight is 241 g/mol. The molecule has 0 saturated heterocycles. The number of aliphatic hydroxyl groups excluding tert-OH is 1. The van der Waals surface area contributed by atoms with Crippen LogP contribution < -0.4 is 0 Å². The number of aliphatic hydroxyl groups is 1. The van der Waals surface area contributed by atoms with Gasteiger partial charge in [-0.3, -0.25) is 4.98 Å². The number of aryl methyl sites for hydroxylation is 1. The van der Waals surface area contributed by atoms with Crippen LogP contribution in [0.3, 0.4) is 0 Å². The molecule has 0 saturated carbocycles. The maximum atomic E-state index is 8.91. The van der Waals surface area contributed by atoms with Crippen LogP contribution in [0.5, 0.6) is 0 Å². The molecule has 1 N–H and O–H groups in total. The standard InChI is InChI=1S/C9H9BrN2O/c1-6-2-3-12-9(8(6)10)7(4-11)5-13/h2-3,7,13H,5H2,1H3. The van der Waals surface area contributed by atoms with Crippen LogP contribution in [-0.2, 0) is 0 Å². The van der Waals surface area contributed by atoms with E-state index in [0.717, 1.165) is 10.0 Å². The molecule has 0 radical (unpaired) electrons. The van der Waals surface area contributed by atoms with Crippen LogP contribution in [0.4, 0.5) is 0 Å². The molecule has 0 spiro atoms. The molecule has 0 aromatic carbocycles. The van der Waals surface area contributed by atoms with Crippen molar-refractivity contribution in [1.29, 1.82) is 5.26 Å². The van der Waals surface area contributed by atoms with E-state index in [-0.39, 0.29) is 6.61 Å². The first kappa shape index (κ1) is 10.2. The highest BCUT2D eigenvalue weighted by Gasteiger charge is 2.14. The monoisotopic (exact) mass is 240 g/mol. The van der Waals surface area contributed by atoms with Crippen molar-refractivity contribution in [2.45, 2.75) is 12.8 Å². The first-order valence-electron chi connectivity index (χ1n) is 3.82. The highest BCUT2D eigenvalue weighted by Crippen LogP contribution is 2.24. The van der Waals surface area contributed by atoms with Crippen molar-refractivity contribution >= 4 is 15.9 Å². The Morgan fingerprint density at radius 2 is 2.46 bits per heavy atom. The highest BCUT2D eigenvalue weighted by atomic mass is 79.9. The second-order valence-electron chi connectivity index (χ2n) is 2.69. The van der Waals surface area contributed by atoms with Crippen LogP contribution in [-0.4, -0.2) is 16.7 Å². The zero-order valence-electron chi connectivity index (χ0n) is 7.16. The Labute approximate surface area is 85.2 Å². The quantitative estimate of drug-likeness (QED) is 0.858. The SMILES string of the molecule is Cc1ccnc(C(C#N)CO)c1Br. The van der Waals surface area contributed by atoms with Gasteiger partial charge >= 0.3 is 0 Å². The van der Waals surface area contributed by atoms with E-state index in [4.69, 9.17) is 10.4 Å². The van der Waals surface area contributed by atoms with Crippen molar-refractivity contribution in [3.05, 3.63) is 28.0 Å². The Balaban J connectivity index is 3.15. The Bertz CT molecular complexity index is 346. The van der Waals surface area contributed by atoms with Crippen molar-refractivity contribution in [3.63, 3.8) is 0 Å². The lowest BCUT2D eigenvalue weighted by atomic mass is 10.1. The Hall–Kier alpha value is -0.920. The molecule has 3 nitrogen and oxygen atoms in total. The predicted molar refractivity (Wildman–Crippen MR) is 52.1 cm³/mol. The van der Waals surface area contributed by atoms with Gasteiger partial charge in [0, 0.05) is 10.7 Å². The Morgan fingerprint density at radius 1 is 1.77 bits per heavy atom. The maximum Gasteiger partial charge on any atom is 0.113 e. The third kappa shape index (κ3) is 2.06. The fourth-order valence-electron chi connectivity index (χ4n) is 0.993. The molecular weight excluding hydrogens is 232 g/mol. The molecular formula is C9H9BrN2O. The zero-order valence-corrected chi connectivity index (χ0v) is 8.74. The molecule has 13 heavy (non-hydrogen) atoms. The van der Waals surface area contributed by atoms with E-state index in [1.807, 2.05) is 19.1 Å². The smallest absolute Gasteiger partial charge is 0.113 e. The summed E-state index contributed by atoms with van der Waals surface area (Å²) >= 11 is 3.34. The van der Waals surface area contributed by atoms with Crippen LogP contribution in [0.25, 0.3) is 0 Å². The summed E-state index contributed by atoms with van der Waals surface area (Å²) in [5.74, 6) is -0.547. The number of hydrogen-bond acceptors (Lipinski definition) is 3. The molecule has 4 heteroatoms. The Morgan fingerprint density at radius 3 is 3.00 bits per heavy atom. The third-order valence-electron chi connectivity index (χ3n) is 1.78. The van der Waals surface area contributed by atoms with Crippen molar-refractivity contribution in [2.24, 2.45) is 0 Å². The van der Waals surface area contributed by atoms with E-state index in [0.29, 0.717) is 5.69 Å². The zero-order chi connectivity index (χ0) is 9.84. The summed E-state index contributed by atoms with van der Waals surface area (Å²) in [6.45, 7) is 1.71. The molecule has 1 rings (SSSR count). The second-order valence-corrected chi connectivity index (χ2v) is 3.48. The van der Waals surface area contributed by atoms with Gasteiger partial charge in [-0.2, -0.15) is 5.26 Å². The summed E-state index contributed by atoms with van der Waals surface area (Å²) in [5, 5.41) is 17.6. The van der Waals surface area contributed by atoms with E-state index in [9.17, 15) is 0 Å². The Kier molecular flexibility index (Phi) is 3.40. The van der Waals surface area contributed by atoms with E-state index < -0.39 is 5.92 Å². The van der Waals surface area contributed by atoms with Gasteiger partial charge in [-0.05, 0) is 34.5 Å². The fourth-order valence-corrected chi connectivity index (χ4v) is 1.50. The molecule has 0 aliphatic rings. The van der Waals surface area contributed by atoms with Crippen LogP contribution in [0, 0.1) is 18.3 Å². The molecule has 1 aromatic heterocycles. The average Bonchev–Trinajstić information content (AvgIpc) is 2.14. The first-order valence-corrected chi connectivity index (χ1v) is 4.61. The second kappa shape index (κ2) is 4.35. The highest BCUT2D eigenvalue weighted by molar-refractivity contribution is 9.10.